The van der Waals surface area contributed by atoms with Crippen molar-refractivity contribution in [1.82, 2.24) is 5.32 Å². The molecule has 1 aromatic rings. The molecule has 0 bridgehead atoms. The quantitative estimate of drug-likeness (QED) is 0.746. The van der Waals surface area contributed by atoms with E-state index < -0.39 is 0 Å². The highest BCUT2D eigenvalue weighted by molar-refractivity contribution is 5.35. The van der Waals surface area contributed by atoms with E-state index in [1.165, 1.54) is 5.56 Å². The Morgan fingerprint density at radius 1 is 1.17 bits per heavy atom. The Labute approximate surface area is 112 Å². The van der Waals surface area contributed by atoms with Crippen molar-refractivity contribution in [3.8, 4) is 5.75 Å². The molecule has 2 heteroatoms. The maximum atomic E-state index is 5.94. The van der Waals surface area contributed by atoms with Crippen molar-refractivity contribution in [2.24, 2.45) is 5.92 Å². The molecule has 0 heterocycles. The number of hydrogen-bond donors (Lipinski definition) is 1. The fraction of sp³-hybridized carbons (Fsp3) is 0.625. The summed E-state index contributed by atoms with van der Waals surface area (Å²) in [4.78, 5) is 0. The molecule has 0 amide bonds. The largest absolute Gasteiger partial charge is 0.493 e. The Morgan fingerprint density at radius 2 is 1.89 bits per heavy atom. The fourth-order valence-corrected chi connectivity index (χ4v) is 2.03. The van der Waals surface area contributed by atoms with Crippen molar-refractivity contribution in [2.45, 2.75) is 46.6 Å². The van der Waals surface area contributed by atoms with Crippen molar-refractivity contribution in [3.63, 3.8) is 0 Å². The van der Waals surface area contributed by atoms with E-state index >= 15 is 0 Å². The topological polar surface area (TPSA) is 21.3 Å². The Hall–Kier alpha value is -1.02. The van der Waals surface area contributed by atoms with E-state index in [-0.39, 0.29) is 0 Å². The molecule has 0 radical (unpaired) electrons. The highest BCUT2D eigenvalue weighted by atomic mass is 16.5. The molecule has 0 aromatic heterocycles. The molecule has 0 fully saturated rings. The second-order valence-corrected chi connectivity index (χ2v) is 5.09. The zero-order valence-electron chi connectivity index (χ0n) is 12.2. The molecule has 0 saturated heterocycles. The summed E-state index contributed by atoms with van der Waals surface area (Å²) in [6, 6.07) is 8.78. The molecular weight excluding hydrogens is 222 g/mol. The van der Waals surface area contributed by atoms with Crippen LogP contribution in [-0.4, -0.2) is 13.2 Å². The normalized spacial score (nSPS) is 12.7. The second-order valence-electron chi connectivity index (χ2n) is 5.09. The molecule has 0 saturated carbocycles. The Kier molecular flexibility index (Phi) is 6.81. The van der Waals surface area contributed by atoms with Crippen LogP contribution in [0.15, 0.2) is 24.3 Å². The zero-order chi connectivity index (χ0) is 13.4. The molecule has 1 N–H and O–H groups in total. The van der Waals surface area contributed by atoms with Gasteiger partial charge in [-0.1, -0.05) is 45.9 Å². The van der Waals surface area contributed by atoms with Gasteiger partial charge in [-0.05, 0) is 31.4 Å². The molecule has 1 rings (SSSR count). The van der Waals surface area contributed by atoms with E-state index in [0.29, 0.717) is 12.0 Å². The van der Waals surface area contributed by atoms with Crippen LogP contribution in [0.2, 0.25) is 0 Å². The van der Waals surface area contributed by atoms with Crippen LogP contribution in [0, 0.1) is 5.92 Å². The van der Waals surface area contributed by atoms with Gasteiger partial charge in [0.25, 0.3) is 0 Å². The van der Waals surface area contributed by atoms with Gasteiger partial charge in [-0.25, -0.2) is 0 Å². The summed E-state index contributed by atoms with van der Waals surface area (Å²) in [6.07, 6.45) is 2.19. The second kappa shape index (κ2) is 8.15. The summed E-state index contributed by atoms with van der Waals surface area (Å²) < 4.78 is 5.94. The highest BCUT2D eigenvalue weighted by Crippen LogP contribution is 2.27. The van der Waals surface area contributed by atoms with Gasteiger partial charge in [0, 0.05) is 11.6 Å². The molecule has 18 heavy (non-hydrogen) atoms. The number of rotatable bonds is 8. The summed E-state index contributed by atoms with van der Waals surface area (Å²) >= 11 is 0. The number of para-hydroxylation sites is 1. The fourth-order valence-electron chi connectivity index (χ4n) is 2.03. The van der Waals surface area contributed by atoms with Gasteiger partial charge in [-0.2, -0.15) is 0 Å². The van der Waals surface area contributed by atoms with Crippen LogP contribution in [-0.2, 0) is 0 Å². The van der Waals surface area contributed by atoms with Gasteiger partial charge in [0.05, 0.1) is 6.61 Å². The van der Waals surface area contributed by atoms with Crippen molar-refractivity contribution < 1.29 is 4.74 Å². The SMILES string of the molecule is CCNC(CC)c1ccccc1OCCC(C)C. The Morgan fingerprint density at radius 3 is 2.50 bits per heavy atom. The average molecular weight is 249 g/mol. The minimum atomic E-state index is 0.394. The lowest BCUT2D eigenvalue weighted by Crippen LogP contribution is -2.21. The van der Waals surface area contributed by atoms with Gasteiger partial charge >= 0.3 is 0 Å². The summed E-state index contributed by atoms with van der Waals surface area (Å²) in [5.41, 5.74) is 1.28. The van der Waals surface area contributed by atoms with Crippen LogP contribution >= 0.6 is 0 Å². The number of hydrogen-bond acceptors (Lipinski definition) is 2. The number of benzene rings is 1. The molecule has 1 atom stereocenters. The van der Waals surface area contributed by atoms with E-state index in [0.717, 1.165) is 31.7 Å². The minimum Gasteiger partial charge on any atom is -0.493 e. The standard InChI is InChI=1S/C16H27NO/c1-5-15(17-6-2)14-9-7-8-10-16(14)18-12-11-13(3)4/h7-10,13,15,17H,5-6,11-12H2,1-4H3. The first-order chi connectivity index (χ1) is 8.69. The minimum absolute atomic E-state index is 0.394. The lowest BCUT2D eigenvalue weighted by atomic mass is 10.0. The van der Waals surface area contributed by atoms with E-state index in [2.05, 4.69) is 51.2 Å². The third-order valence-electron chi connectivity index (χ3n) is 3.11. The molecule has 0 aliphatic heterocycles. The molecule has 102 valence electrons. The van der Waals surface area contributed by atoms with Crippen LogP contribution in [0.25, 0.3) is 0 Å². The molecule has 0 spiro atoms. The van der Waals surface area contributed by atoms with Gasteiger partial charge in [0.15, 0.2) is 0 Å². The van der Waals surface area contributed by atoms with E-state index in [1.54, 1.807) is 0 Å². The van der Waals surface area contributed by atoms with Gasteiger partial charge in [-0.3, -0.25) is 0 Å². The van der Waals surface area contributed by atoms with E-state index in [4.69, 9.17) is 4.74 Å². The van der Waals surface area contributed by atoms with Crippen molar-refractivity contribution in [1.29, 1.82) is 0 Å². The van der Waals surface area contributed by atoms with Crippen molar-refractivity contribution in [3.05, 3.63) is 29.8 Å². The number of ether oxygens (including phenoxy) is 1. The first kappa shape index (κ1) is 15.0. The predicted octanol–water partition coefficient (Wildman–Crippen LogP) is 4.17. The average Bonchev–Trinajstić information content (AvgIpc) is 2.36. The first-order valence-corrected chi connectivity index (χ1v) is 7.14. The Bertz CT molecular complexity index is 336. The summed E-state index contributed by atoms with van der Waals surface area (Å²) in [5, 5.41) is 3.51. The smallest absolute Gasteiger partial charge is 0.124 e. The lowest BCUT2D eigenvalue weighted by molar-refractivity contribution is 0.283. The highest BCUT2D eigenvalue weighted by Gasteiger charge is 2.12. The summed E-state index contributed by atoms with van der Waals surface area (Å²) in [6.45, 7) is 10.6. The monoisotopic (exact) mass is 249 g/mol. The molecular formula is C16H27NO. The predicted molar refractivity (Wildman–Crippen MR) is 78.1 cm³/mol. The van der Waals surface area contributed by atoms with Crippen LogP contribution in [0.4, 0.5) is 0 Å². The van der Waals surface area contributed by atoms with Gasteiger partial charge < -0.3 is 10.1 Å². The summed E-state index contributed by atoms with van der Waals surface area (Å²) in [7, 11) is 0. The van der Waals surface area contributed by atoms with Crippen LogP contribution in [0.1, 0.15) is 52.1 Å². The van der Waals surface area contributed by atoms with Crippen molar-refractivity contribution >= 4 is 0 Å². The molecule has 0 aliphatic carbocycles. The van der Waals surface area contributed by atoms with Gasteiger partial charge in [-0.15, -0.1) is 0 Å². The van der Waals surface area contributed by atoms with Crippen molar-refractivity contribution in [2.75, 3.05) is 13.2 Å². The summed E-state index contributed by atoms with van der Waals surface area (Å²) in [5.74, 6) is 1.72. The maximum absolute atomic E-state index is 5.94. The lowest BCUT2D eigenvalue weighted by Gasteiger charge is -2.20. The molecule has 1 aromatic carbocycles. The third-order valence-corrected chi connectivity index (χ3v) is 3.11. The molecule has 0 aliphatic rings. The zero-order valence-corrected chi connectivity index (χ0v) is 12.2. The van der Waals surface area contributed by atoms with Crippen LogP contribution in [0.5, 0.6) is 5.75 Å². The molecule has 1 unspecified atom stereocenters. The van der Waals surface area contributed by atoms with E-state index in [9.17, 15) is 0 Å². The van der Waals surface area contributed by atoms with Gasteiger partial charge in [0.1, 0.15) is 5.75 Å². The number of nitrogens with one attached hydrogen (secondary N) is 1. The maximum Gasteiger partial charge on any atom is 0.124 e. The van der Waals surface area contributed by atoms with Gasteiger partial charge in [0.2, 0.25) is 0 Å². The first-order valence-electron chi connectivity index (χ1n) is 7.14. The Balaban J connectivity index is 2.71. The van der Waals surface area contributed by atoms with Crippen LogP contribution < -0.4 is 10.1 Å². The third kappa shape index (κ3) is 4.69. The molecule has 2 nitrogen and oxygen atoms in total. The van der Waals surface area contributed by atoms with E-state index in [1.807, 2.05) is 6.07 Å². The van der Waals surface area contributed by atoms with Crippen LogP contribution in [0.3, 0.4) is 0 Å².